The van der Waals surface area contributed by atoms with E-state index in [9.17, 15) is 4.79 Å². The van der Waals surface area contributed by atoms with Crippen molar-refractivity contribution in [2.24, 2.45) is 0 Å². The van der Waals surface area contributed by atoms with Gasteiger partial charge in [-0.25, -0.2) is 9.78 Å². The number of hydrogen-bond acceptors (Lipinski definition) is 4. The summed E-state index contributed by atoms with van der Waals surface area (Å²) in [7, 11) is 1.57. The molecule has 2 rings (SSSR count). The van der Waals surface area contributed by atoms with Crippen molar-refractivity contribution >= 4 is 6.03 Å². The molecule has 1 aromatic rings. The molecule has 116 valence electrons. The Morgan fingerprint density at radius 3 is 3.10 bits per heavy atom. The zero-order valence-electron chi connectivity index (χ0n) is 12.8. The topological polar surface area (TPSA) is 63.7 Å². The number of carbonyl (C=O) groups excluding carboxylic acids is 1. The Labute approximate surface area is 125 Å². The van der Waals surface area contributed by atoms with Gasteiger partial charge in [-0.15, -0.1) is 0 Å². The zero-order valence-corrected chi connectivity index (χ0v) is 12.8. The van der Waals surface area contributed by atoms with Gasteiger partial charge in [0.15, 0.2) is 0 Å². The summed E-state index contributed by atoms with van der Waals surface area (Å²) < 4.78 is 10.8. The first-order valence-corrected chi connectivity index (χ1v) is 7.29. The van der Waals surface area contributed by atoms with E-state index in [0.29, 0.717) is 25.5 Å². The van der Waals surface area contributed by atoms with E-state index in [2.05, 4.69) is 17.2 Å². The largest absolute Gasteiger partial charge is 0.481 e. The lowest BCUT2D eigenvalue weighted by molar-refractivity contribution is -0.0646. The third kappa shape index (κ3) is 4.32. The molecule has 1 fully saturated rings. The Hall–Kier alpha value is -1.82. The molecule has 6 heteroatoms. The van der Waals surface area contributed by atoms with Gasteiger partial charge in [0, 0.05) is 31.9 Å². The zero-order chi connectivity index (χ0) is 15.2. The van der Waals surface area contributed by atoms with Crippen LogP contribution < -0.4 is 10.1 Å². The van der Waals surface area contributed by atoms with Crippen LogP contribution in [0.15, 0.2) is 18.3 Å². The standard InChI is InChI=1S/C15H23N3O3/c1-4-13-10-18(9-11(2)21-13)15(19)17-8-12-5-6-16-14(7-12)20-3/h5-7,11,13H,4,8-10H2,1-3H3,(H,17,19). The van der Waals surface area contributed by atoms with Crippen LogP contribution in [0.25, 0.3) is 0 Å². The molecular formula is C15H23N3O3. The number of morpholine rings is 1. The number of urea groups is 1. The van der Waals surface area contributed by atoms with Crippen LogP contribution in [0, 0.1) is 0 Å². The average Bonchev–Trinajstić information content (AvgIpc) is 2.52. The molecule has 1 N–H and O–H groups in total. The molecule has 2 atom stereocenters. The normalized spacial score (nSPS) is 22.0. The van der Waals surface area contributed by atoms with Crippen LogP contribution in [0.4, 0.5) is 4.79 Å². The van der Waals surface area contributed by atoms with Crippen molar-refractivity contribution in [3.05, 3.63) is 23.9 Å². The van der Waals surface area contributed by atoms with E-state index >= 15 is 0 Å². The van der Waals surface area contributed by atoms with Crippen molar-refractivity contribution in [2.75, 3.05) is 20.2 Å². The predicted molar refractivity (Wildman–Crippen MR) is 79.2 cm³/mol. The van der Waals surface area contributed by atoms with Crippen molar-refractivity contribution < 1.29 is 14.3 Å². The molecule has 0 aromatic carbocycles. The summed E-state index contributed by atoms with van der Waals surface area (Å²) in [5.41, 5.74) is 0.962. The van der Waals surface area contributed by atoms with Crippen LogP contribution in [0.5, 0.6) is 5.88 Å². The summed E-state index contributed by atoms with van der Waals surface area (Å²) in [6, 6.07) is 3.62. The number of ether oxygens (including phenoxy) is 2. The predicted octanol–water partition coefficient (Wildman–Crippen LogP) is 1.80. The van der Waals surface area contributed by atoms with Crippen molar-refractivity contribution in [2.45, 2.75) is 39.0 Å². The summed E-state index contributed by atoms with van der Waals surface area (Å²) in [4.78, 5) is 18.1. The van der Waals surface area contributed by atoms with Crippen LogP contribution in [0.3, 0.4) is 0 Å². The Balaban J connectivity index is 1.88. The molecule has 0 saturated carbocycles. The number of methoxy groups -OCH3 is 1. The van der Waals surface area contributed by atoms with E-state index in [-0.39, 0.29) is 18.2 Å². The molecule has 2 unspecified atom stereocenters. The molecule has 0 radical (unpaired) electrons. The van der Waals surface area contributed by atoms with Gasteiger partial charge < -0.3 is 19.7 Å². The first-order valence-electron chi connectivity index (χ1n) is 7.29. The lowest BCUT2D eigenvalue weighted by Crippen LogP contribution is -2.52. The number of aromatic nitrogens is 1. The fourth-order valence-corrected chi connectivity index (χ4v) is 2.40. The second-order valence-corrected chi connectivity index (χ2v) is 5.25. The summed E-state index contributed by atoms with van der Waals surface area (Å²) in [5.74, 6) is 0.549. The first-order chi connectivity index (χ1) is 10.1. The van der Waals surface area contributed by atoms with Crippen molar-refractivity contribution in [1.29, 1.82) is 0 Å². The van der Waals surface area contributed by atoms with Gasteiger partial charge >= 0.3 is 6.03 Å². The highest BCUT2D eigenvalue weighted by Gasteiger charge is 2.27. The molecule has 1 aromatic heterocycles. The van der Waals surface area contributed by atoms with E-state index < -0.39 is 0 Å². The molecule has 0 bridgehead atoms. The highest BCUT2D eigenvalue weighted by atomic mass is 16.5. The monoisotopic (exact) mass is 293 g/mol. The Morgan fingerprint density at radius 2 is 2.38 bits per heavy atom. The Bertz CT molecular complexity index is 481. The fraction of sp³-hybridized carbons (Fsp3) is 0.600. The smallest absolute Gasteiger partial charge is 0.317 e. The van der Waals surface area contributed by atoms with Crippen molar-refractivity contribution in [3.8, 4) is 5.88 Å². The van der Waals surface area contributed by atoms with E-state index in [0.717, 1.165) is 12.0 Å². The maximum atomic E-state index is 12.2. The SMILES string of the molecule is CCC1CN(C(=O)NCc2ccnc(OC)c2)CC(C)O1. The molecule has 21 heavy (non-hydrogen) atoms. The third-order valence-corrected chi connectivity index (χ3v) is 3.52. The molecule has 1 aliphatic rings. The summed E-state index contributed by atoms with van der Waals surface area (Å²) >= 11 is 0. The van der Waals surface area contributed by atoms with Crippen LogP contribution >= 0.6 is 0 Å². The molecular weight excluding hydrogens is 270 g/mol. The molecule has 1 saturated heterocycles. The van der Waals surface area contributed by atoms with Gasteiger partial charge in [0.2, 0.25) is 5.88 Å². The number of rotatable bonds is 4. The molecule has 0 spiro atoms. The highest BCUT2D eigenvalue weighted by molar-refractivity contribution is 5.74. The Morgan fingerprint density at radius 1 is 1.57 bits per heavy atom. The van der Waals surface area contributed by atoms with E-state index in [1.807, 2.05) is 24.0 Å². The van der Waals surface area contributed by atoms with Gasteiger partial charge in [-0.05, 0) is 25.0 Å². The lowest BCUT2D eigenvalue weighted by atomic mass is 10.2. The van der Waals surface area contributed by atoms with Gasteiger partial charge in [0.05, 0.1) is 19.3 Å². The van der Waals surface area contributed by atoms with Crippen LogP contribution in [-0.2, 0) is 11.3 Å². The molecule has 6 nitrogen and oxygen atoms in total. The second kappa shape index (κ2) is 7.26. The fourth-order valence-electron chi connectivity index (χ4n) is 2.40. The maximum Gasteiger partial charge on any atom is 0.317 e. The number of amides is 2. The molecule has 2 heterocycles. The minimum absolute atomic E-state index is 0.0561. The molecule has 0 aliphatic carbocycles. The summed E-state index contributed by atoms with van der Waals surface area (Å²) in [5, 5.41) is 2.93. The number of nitrogens with zero attached hydrogens (tertiary/aromatic N) is 2. The average molecular weight is 293 g/mol. The van der Waals surface area contributed by atoms with Gasteiger partial charge in [-0.3, -0.25) is 0 Å². The highest BCUT2D eigenvalue weighted by Crippen LogP contribution is 2.14. The van der Waals surface area contributed by atoms with E-state index in [1.165, 1.54) is 0 Å². The van der Waals surface area contributed by atoms with E-state index in [1.54, 1.807) is 13.3 Å². The van der Waals surface area contributed by atoms with Crippen LogP contribution in [0.2, 0.25) is 0 Å². The van der Waals surface area contributed by atoms with Crippen LogP contribution in [-0.4, -0.2) is 48.3 Å². The van der Waals surface area contributed by atoms with Gasteiger partial charge in [-0.1, -0.05) is 6.92 Å². The molecule has 2 amide bonds. The Kier molecular flexibility index (Phi) is 5.38. The number of hydrogen-bond donors (Lipinski definition) is 1. The van der Waals surface area contributed by atoms with Crippen molar-refractivity contribution in [3.63, 3.8) is 0 Å². The number of pyridine rings is 1. The van der Waals surface area contributed by atoms with E-state index in [4.69, 9.17) is 9.47 Å². The van der Waals surface area contributed by atoms with Crippen LogP contribution in [0.1, 0.15) is 25.8 Å². The van der Waals surface area contributed by atoms with Gasteiger partial charge in [-0.2, -0.15) is 0 Å². The van der Waals surface area contributed by atoms with Crippen molar-refractivity contribution in [1.82, 2.24) is 15.2 Å². The quantitative estimate of drug-likeness (QED) is 0.919. The second-order valence-electron chi connectivity index (χ2n) is 5.25. The lowest BCUT2D eigenvalue weighted by Gasteiger charge is -2.36. The van der Waals surface area contributed by atoms with Gasteiger partial charge in [0.25, 0.3) is 0 Å². The first kappa shape index (κ1) is 15.6. The minimum Gasteiger partial charge on any atom is -0.481 e. The summed E-state index contributed by atoms with van der Waals surface area (Å²) in [6.07, 6.45) is 2.79. The van der Waals surface area contributed by atoms with Gasteiger partial charge in [0.1, 0.15) is 0 Å². The third-order valence-electron chi connectivity index (χ3n) is 3.52. The molecule has 1 aliphatic heterocycles. The maximum absolute atomic E-state index is 12.2. The number of nitrogens with one attached hydrogen (secondary N) is 1. The summed E-state index contributed by atoms with van der Waals surface area (Å²) in [6.45, 7) is 5.80. The number of carbonyl (C=O) groups is 1. The minimum atomic E-state index is -0.0561.